The van der Waals surface area contributed by atoms with Crippen LogP contribution in [0.15, 0.2) is 40.8 Å². The zero-order valence-corrected chi connectivity index (χ0v) is 16.9. The van der Waals surface area contributed by atoms with Crippen LogP contribution in [0.4, 0.5) is 0 Å². The number of nitrogens with zero attached hydrogens (tertiary/aromatic N) is 1. The van der Waals surface area contributed by atoms with Gasteiger partial charge in [-0.1, -0.05) is 6.07 Å². The molecule has 0 bridgehead atoms. The molecule has 3 rings (SSSR count). The quantitative estimate of drug-likeness (QED) is 0.548. The first-order chi connectivity index (χ1) is 11.8. The lowest BCUT2D eigenvalue weighted by molar-refractivity contribution is 0.341. The number of hydrogen-bond acceptors (Lipinski definition) is 3. The Kier molecular flexibility index (Phi) is 4.98. The van der Waals surface area contributed by atoms with Gasteiger partial charge in [-0.25, -0.2) is 4.21 Å². The largest absolute Gasteiger partial charge is 0.494 e. The minimum absolute atomic E-state index is 0.354. The molecule has 1 aromatic heterocycles. The number of rotatable bonds is 4. The van der Waals surface area contributed by atoms with E-state index in [2.05, 4.69) is 34.7 Å². The number of benzene rings is 2. The molecule has 1 atom stereocenters. The van der Waals surface area contributed by atoms with E-state index in [-0.39, 0.29) is 4.75 Å². The van der Waals surface area contributed by atoms with E-state index in [1.54, 1.807) is 11.3 Å². The van der Waals surface area contributed by atoms with E-state index < -0.39 is 11.0 Å². The van der Waals surface area contributed by atoms with Crippen molar-refractivity contribution < 1.29 is 8.95 Å². The molecule has 0 N–H and O–H groups in total. The molecule has 0 saturated heterocycles. The lowest BCUT2D eigenvalue weighted by atomic mass is 10.1. The van der Waals surface area contributed by atoms with Gasteiger partial charge < -0.3 is 4.74 Å². The molecule has 25 heavy (non-hydrogen) atoms. The summed E-state index contributed by atoms with van der Waals surface area (Å²) in [6.07, 6.45) is 0. The molecule has 132 valence electrons. The van der Waals surface area contributed by atoms with Gasteiger partial charge in [0, 0.05) is 20.2 Å². The first-order valence-electron chi connectivity index (χ1n) is 8.36. The van der Waals surface area contributed by atoms with E-state index >= 15 is 0 Å². The van der Waals surface area contributed by atoms with Crippen molar-refractivity contribution in [3.05, 3.63) is 42.0 Å². The first-order valence-corrected chi connectivity index (χ1v) is 10.3. The molecule has 0 aliphatic heterocycles. The summed E-state index contributed by atoms with van der Waals surface area (Å²) in [6.45, 7) is 10.4. The molecule has 0 amide bonds. The standard InChI is InChI=1S/C20H23NO2S2/c1-6-23-15-8-10-19-17(12-15)16-11-14(7-9-18(16)24-19)13(2)21-25(22)20(3,4)5/h7-12H,6H2,1-5H3/t25-/m1/s1. The summed E-state index contributed by atoms with van der Waals surface area (Å²) in [4.78, 5) is 0. The minimum atomic E-state index is -1.25. The third kappa shape index (κ3) is 3.77. The van der Waals surface area contributed by atoms with Gasteiger partial charge in [0.15, 0.2) is 0 Å². The van der Waals surface area contributed by atoms with E-state index in [0.717, 1.165) is 17.0 Å². The fourth-order valence-electron chi connectivity index (χ4n) is 2.55. The molecule has 3 nitrogen and oxygen atoms in total. The van der Waals surface area contributed by atoms with Gasteiger partial charge >= 0.3 is 0 Å². The van der Waals surface area contributed by atoms with Crippen LogP contribution in [-0.2, 0) is 11.0 Å². The van der Waals surface area contributed by atoms with Crippen LogP contribution in [0.25, 0.3) is 20.2 Å². The van der Waals surface area contributed by atoms with Crippen LogP contribution in [0.5, 0.6) is 5.75 Å². The minimum Gasteiger partial charge on any atom is -0.494 e. The zero-order chi connectivity index (χ0) is 18.2. The zero-order valence-electron chi connectivity index (χ0n) is 15.3. The lowest BCUT2D eigenvalue weighted by Gasteiger charge is -2.14. The van der Waals surface area contributed by atoms with Crippen LogP contribution < -0.4 is 4.74 Å². The molecule has 0 radical (unpaired) electrons. The fraction of sp³-hybridized carbons (Fsp3) is 0.350. The van der Waals surface area contributed by atoms with Crippen LogP contribution in [0, 0.1) is 0 Å². The van der Waals surface area contributed by atoms with Crippen LogP contribution in [0.3, 0.4) is 0 Å². The van der Waals surface area contributed by atoms with Crippen LogP contribution in [0.1, 0.15) is 40.2 Å². The van der Waals surface area contributed by atoms with Crippen molar-refractivity contribution >= 4 is 48.2 Å². The lowest BCUT2D eigenvalue weighted by Crippen LogP contribution is -2.20. The van der Waals surface area contributed by atoms with Crippen molar-refractivity contribution in [2.24, 2.45) is 4.40 Å². The normalized spacial score (nSPS) is 14.2. The summed E-state index contributed by atoms with van der Waals surface area (Å²) >= 11 is 1.77. The summed E-state index contributed by atoms with van der Waals surface area (Å²) < 4.78 is 24.5. The van der Waals surface area contributed by atoms with Crippen molar-refractivity contribution in [1.29, 1.82) is 0 Å². The predicted molar refractivity (Wildman–Crippen MR) is 111 cm³/mol. The Morgan fingerprint density at radius 1 is 1.12 bits per heavy atom. The van der Waals surface area contributed by atoms with Gasteiger partial charge in [-0.3, -0.25) is 0 Å². The van der Waals surface area contributed by atoms with Crippen LogP contribution >= 0.6 is 11.3 Å². The van der Waals surface area contributed by atoms with E-state index in [0.29, 0.717) is 6.61 Å². The second-order valence-electron chi connectivity index (χ2n) is 6.94. The number of hydrogen-bond donors (Lipinski definition) is 0. The Labute approximate surface area is 155 Å². The highest BCUT2D eigenvalue weighted by molar-refractivity contribution is 7.85. The molecule has 5 heteroatoms. The van der Waals surface area contributed by atoms with Crippen molar-refractivity contribution in [3.8, 4) is 5.75 Å². The van der Waals surface area contributed by atoms with E-state index in [9.17, 15) is 4.21 Å². The number of fused-ring (bicyclic) bond motifs is 3. The highest BCUT2D eigenvalue weighted by Crippen LogP contribution is 2.36. The second kappa shape index (κ2) is 6.89. The Bertz CT molecular complexity index is 980. The average Bonchev–Trinajstić information content (AvgIpc) is 2.91. The van der Waals surface area contributed by atoms with Crippen LogP contribution in [0.2, 0.25) is 0 Å². The molecule has 0 saturated carbocycles. The highest BCUT2D eigenvalue weighted by Gasteiger charge is 2.19. The third-order valence-electron chi connectivity index (χ3n) is 3.91. The SMILES string of the molecule is CCOc1ccc2sc3ccc(C(C)=N[S@](=O)C(C)(C)C)cc3c2c1. The summed E-state index contributed by atoms with van der Waals surface area (Å²) in [7, 11) is -1.25. The molecule has 1 heterocycles. The fourth-order valence-corrected chi connectivity index (χ4v) is 4.25. The van der Waals surface area contributed by atoms with Gasteiger partial charge in [-0.15, -0.1) is 11.3 Å². The molecule has 0 spiro atoms. The molecular formula is C20H23NO2S2. The first kappa shape index (κ1) is 18.1. The van der Waals surface area contributed by atoms with Gasteiger partial charge in [-0.2, -0.15) is 4.40 Å². The van der Waals surface area contributed by atoms with Crippen LogP contribution in [-0.4, -0.2) is 21.3 Å². The van der Waals surface area contributed by atoms with Crippen molar-refractivity contribution in [2.75, 3.05) is 6.61 Å². The van der Waals surface area contributed by atoms with Crippen molar-refractivity contribution in [1.82, 2.24) is 0 Å². The van der Waals surface area contributed by atoms with Gasteiger partial charge in [0.05, 0.1) is 17.1 Å². The summed E-state index contributed by atoms with van der Waals surface area (Å²) in [5, 5.41) is 2.38. The highest BCUT2D eigenvalue weighted by atomic mass is 32.2. The Morgan fingerprint density at radius 2 is 1.76 bits per heavy atom. The number of ether oxygens (including phenoxy) is 1. The maximum Gasteiger partial charge on any atom is 0.145 e. The summed E-state index contributed by atoms with van der Waals surface area (Å²) in [5.41, 5.74) is 1.81. The summed E-state index contributed by atoms with van der Waals surface area (Å²) in [6, 6.07) is 12.5. The van der Waals surface area contributed by atoms with Crippen molar-refractivity contribution in [3.63, 3.8) is 0 Å². The molecule has 0 aliphatic carbocycles. The third-order valence-corrected chi connectivity index (χ3v) is 6.55. The average molecular weight is 374 g/mol. The predicted octanol–water partition coefficient (Wildman–Crippen LogP) is 5.72. The van der Waals surface area contributed by atoms with Gasteiger partial charge in [0.2, 0.25) is 0 Å². The molecule has 2 aromatic carbocycles. The van der Waals surface area contributed by atoms with E-state index in [1.165, 1.54) is 20.2 Å². The Balaban J connectivity index is 2.09. The smallest absolute Gasteiger partial charge is 0.145 e. The molecule has 0 fully saturated rings. The van der Waals surface area contributed by atoms with Gasteiger partial charge in [0.25, 0.3) is 0 Å². The topological polar surface area (TPSA) is 38.7 Å². The summed E-state index contributed by atoms with van der Waals surface area (Å²) in [5.74, 6) is 0.888. The van der Waals surface area contributed by atoms with E-state index in [4.69, 9.17) is 4.74 Å². The van der Waals surface area contributed by atoms with Gasteiger partial charge in [0.1, 0.15) is 16.7 Å². The molecular weight excluding hydrogens is 350 g/mol. The van der Waals surface area contributed by atoms with Crippen molar-refractivity contribution in [2.45, 2.75) is 39.4 Å². The monoisotopic (exact) mass is 373 g/mol. The number of thiophene rings is 1. The maximum absolute atomic E-state index is 12.3. The molecule has 0 aliphatic rings. The Morgan fingerprint density at radius 3 is 2.40 bits per heavy atom. The van der Waals surface area contributed by atoms with Gasteiger partial charge in [-0.05, 0) is 70.5 Å². The van der Waals surface area contributed by atoms with E-state index in [1.807, 2.05) is 40.7 Å². The Hall–Kier alpha value is -1.72. The maximum atomic E-state index is 12.3. The second-order valence-corrected chi connectivity index (χ2v) is 9.93. The molecule has 0 unspecified atom stereocenters. The molecule has 3 aromatic rings.